The zero-order chi connectivity index (χ0) is 26.3. The molecule has 1 amide bonds. The molecule has 0 fully saturated rings. The molecule has 0 atom stereocenters. The number of sulfone groups is 1. The standard InChI is InChI=1S/C32H33NO3S/c1-2-3-4-11-16-28-29(32(33)34)21-22-31(37(35,36)27-14-9-6-10-15-27)30(28)23-24-17-19-26(20-18-24)25-12-7-5-8-13-25/h5-10,12-15,17-22H,2-4,11,16,23H2,1H3,(H2,33,34). The Labute approximate surface area is 220 Å². The second-order valence-corrected chi connectivity index (χ2v) is 11.2. The summed E-state index contributed by atoms with van der Waals surface area (Å²) in [6, 6.07) is 29.8. The van der Waals surface area contributed by atoms with Crippen molar-refractivity contribution in [2.45, 2.75) is 55.2 Å². The zero-order valence-electron chi connectivity index (χ0n) is 21.2. The molecule has 0 radical (unpaired) electrons. The molecule has 37 heavy (non-hydrogen) atoms. The number of rotatable bonds is 11. The second-order valence-electron chi connectivity index (χ2n) is 9.30. The normalized spacial score (nSPS) is 11.4. The highest BCUT2D eigenvalue weighted by atomic mass is 32.2. The van der Waals surface area contributed by atoms with Crippen LogP contribution < -0.4 is 5.73 Å². The van der Waals surface area contributed by atoms with Crippen LogP contribution in [0.2, 0.25) is 0 Å². The monoisotopic (exact) mass is 511 g/mol. The fraction of sp³-hybridized carbons (Fsp3) is 0.219. The minimum Gasteiger partial charge on any atom is -0.366 e. The molecule has 4 nitrogen and oxygen atoms in total. The summed E-state index contributed by atoms with van der Waals surface area (Å²) >= 11 is 0. The summed E-state index contributed by atoms with van der Waals surface area (Å²) in [6.07, 6.45) is 5.04. The van der Waals surface area contributed by atoms with E-state index in [2.05, 4.69) is 31.2 Å². The van der Waals surface area contributed by atoms with Gasteiger partial charge in [0.15, 0.2) is 0 Å². The molecule has 0 saturated heterocycles. The van der Waals surface area contributed by atoms with Gasteiger partial charge in [0.1, 0.15) is 0 Å². The van der Waals surface area contributed by atoms with Crippen LogP contribution >= 0.6 is 0 Å². The van der Waals surface area contributed by atoms with Crippen molar-refractivity contribution in [2.75, 3.05) is 0 Å². The first-order valence-electron chi connectivity index (χ1n) is 12.8. The SMILES string of the molecule is CCCCCCc1c(C(N)=O)ccc(S(=O)(=O)c2ccccc2)c1Cc1ccc(-c2ccccc2)cc1. The Bertz CT molecular complexity index is 1450. The minimum absolute atomic E-state index is 0.236. The van der Waals surface area contributed by atoms with Gasteiger partial charge in [-0.05, 0) is 71.3 Å². The summed E-state index contributed by atoms with van der Waals surface area (Å²) in [6.45, 7) is 2.15. The molecule has 4 rings (SSSR count). The Balaban J connectivity index is 1.81. The Morgan fingerprint density at radius 1 is 0.703 bits per heavy atom. The lowest BCUT2D eigenvalue weighted by Gasteiger charge is -2.19. The van der Waals surface area contributed by atoms with E-state index in [1.165, 1.54) is 0 Å². The molecule has 5 heteroatoms. The van der Waals surface area contributed by atoms with E-state index in [0.29, 0.717) is 24.0 Å². The van der Waals surface area contributed by atoms with Gasteiger partial charge in [0.05, 0.1) is 9.79 Å². The van der Waals surface area contributed by atoms with Crippen molar-refractivity contribution in [2.24, 2.45) is 5.73 Å². The van der Waals surface area contributed by atoms with Crippen molar-refractivity contribution in [1.82, 2.24) is 0 Å². The van der Waals surface area contributed by atoms with Crippen LogP contribution in [0.25, 0.3) is 11.1 Å². The van der Waals surface area contributed by atoms with E-state index in [1.54, 1.807) is 42.5 Å². The van der Waals surface area contributed by atoms with Gasteiger partial charge in [-0.25, -0.2) is 8.42 Å². The van der Waals surface area contributed by atoms with Gasteiger partial charge in [0.2, 0.25) is 15.7 Å². The fourth-order valence-corrected chi connectivity index (χ4v) is 6.27. The Kier molecular flexibility index (Phi) is 8.57. The van der Waals surface area contributed by atoms with Gasteiger partial charge in [0.25, 0.3) is 0 Å². The smallest absolute Gasteiger partial charge is 0.248 e. The molecule has 0 spiro atoms. The first kappa shape index (κ1) is 26.4. The fourth-order valence-electron chi connectivity index (χ4n) is 4.74. The van der Waals surface area contributed by atoms with E-state index in [1.807, 2.05) is 30.3 Å². The highest BCUT2D eigenvalue weighted by molar-refractivity contribution is 7.91. The molecular formula is C32H33NO3S. The number of carbonyl (C=O) groups is 1. The number of carbonyl (C=O) groups excluding carboxylic acids is 1. The third-order valence-electron chi connectivity index (χ3n) is 6.72. The molecule has 190 valence electrons. The first-order valence-corrected chi connectivity index (χ1v) is 14.3. The third kappa shape index (κ3) is 6.17. The molecule has 4 aromatic carbocycles. The van der Waals surface area contributed by atoms with Crippen LogP contribution in [0.15, 0.2) is 107 Å². The predicted molar refractivity (Wildman–Crippen MR) is 149 cm³/mol. The predicted octanol–water partition coefficient (Wildman–Crippen LogP) is 7.00. The van der Waals surface area contributed by atoms with Gasteiger partial charge >= 0.3 is 0 Å². The number of hydrogen-bond acceptors (Lipinski definition) is 3. The molecule has 4 aromatic rings. The lowest BCUT2D eigenvalue weighted by Crippen LogP contribution is -2.18. The molecule has 2 N–H and O–H groups in total. The molecule has 0 saturated carbocycles. The van der Waals surface area contributed by atoms with Crippen molar-refractivity contribution in [1.29, 1.82) is 0 Å². The van der Waals surface area contributed by atoms with Gasteiger partial charge in [0, 0.05) is 5.56 Å². The topological polar surface area (TPSA) is 77.2 Å². The number of hydrogen-bond donors (Lipinski definition) is 1. The summed E-state index contributed by atoms with van der Waals surface area (Å²) in [5.41, 5.74) is 10.8. The largest absolute Gasteiger partial charge is 0.366 e. The van der Waals surface area contributed by atoms with E-state index < -0.39 is 15.7 Å². The summed E-state index contributed by atoms with van der Waals surface area (Å²) in [5, 5.41) is 0. The molecule has 0 unspecified atom stereocenters. The summed E-state index contributed by atoms with van der Waals surface area (Å²) in [7, 11) is -3.79. The van der Waals surface area contributed by atoms with Crippen molar-refractivity contribution in [3.8, 4) is 11.1 Å². The maximum atomic E-state index is 13.8. The van der Waals surface area contributed by atoms with Gasteiger partial charge in [-0.1, -0.05) is 99.0 Å². The van der Waals surface area contributed by atoms with Crippen molar-refractivity contribution < 1.29 is 13.2 Å². The molecule has 0 bridgehead atoms. The average Bonchev–Trinajstić information content (AvgIpc) is 2.92. The van der Waals surface area contributed by atoms with Crippen molar-refractivity contribution in [3.05, 3.63) is 119 Å². The van der Waals surface area contributed by atoms with Gasteiger partial charge in [-0.15, -0.1) is 0 Å². The maximum absolute atomic E-state index is 13.8. The van der Waals surface area contributed by atoms with Crippen LogP contribution in [0.1, 0.15) is 59.7 Å². The lowest BCUT2D eigenvalue weighted by molar-refractivity contribution is 0.0999. The summed E-state index contributed by atoms with van der Waals surface area (Å²) in [4.78, 5) is 12.9. The second kappa shape index (κ2) is 12.0. The molecular weight excluding hydrogens is 478 g/mol. The van der Waals surface area contributed by atoms with E-state index >= 15 is 0 Å². The average molecular weight is 512 g/mol. The van der Waals surface area contributed by atoms with Crippen molar-refractivity contribution in [3.63, 3.8) is 0 Å². The van der Waals surface area contributed by atoms with Crippen LogP contribution in [0.3, 0.4) is 0 Å². The highest BCUT2D eigenvalue weighted by Crippen LogP contribution is 2.32. The highest BCUT2D eigenvalue weighted by Gasteiger charge is 2.26. The number of primary amides is 1. The lowest BCUT2D eigenvalue weighted by atomic mass is 9.91. The Hall–Kier alpha value is -3.70. The number of amides is 1. The minimum atomic E-state index is -3.79. The Morgan fingerprint density at radius 2 is 1.32 bits per heavy atom. The van der Waals surface area contributed by atoms with E-state index in [-0.39, 0.29) is 9.79 Å². The van der Waals surface area contributed by atoms with Gasteiger partial charge in [-0.2, -0.15) is 0 Å². The summed E-state index contributed by atoms with van der Waals surface area (Å²) < 4.78 is 27.6. The number of benzene rings is 4. The first-order chi connectivity index (χ1) is 17.9. The molecule has 0 heterocycles. The van der Waals surface area contributed by atoms with Crippen LogP contribution in [-0.2, 0) is 22.7 Å². The molecule has 0 aliphatic heterocycles. The molecule has 0 aliphatic carbocycles. The maximum Gasteiger partial charge on any atom is 0.248 e. The van der Waals surface area contributed by atoms with Crippen LogP contribution in [-0.4, -0.2) is 14.3 Å². The number of unbranched alkanes of at least 4 members (excludes halogenated alkanes) is 3. The van der Waals surface area contributed by atoms with Crippen LogP contribution in [0.5, 0.6) is 0 Å². The quantitative estimate of drug-likeness (QED) is 0.220. The molecule has 0 aliphatic rings. The van der Waals surface area contributed by atoms with E-state index in [0.717, 1.165) is 47.9 Å². The third-order valence-corrected chi connectivity index (χ3v) is 8.57. The van der Waals surface area contributed by atoms with Gasteiger partial charge < -0.3 is 5.73 Å². The van der Waals surface area contributed by atoms with Crippen molar-refractivity contribution >= 4 is 15.7 Å². The van der Waals surface area contributed by atoms with Crippen LogP contribution in [0, 0.1) is 0 Å². The van der Waals surface area contributed by atoms with Crippen LogP contribution in [0.4, 0.5) is 0 Å². The molecule has 0 aromatic heterocycles. The summed E-state index contributed by atoms with van der Waals surface area (Å²) in [5.74, 6) is -0.533. The number of nitrogens with two attached hydrogens (primary N) is 1. The Morgan fingerprint density at radius 3 is 1.95 bits per heavy atom. The van der Waals surface area contributed by atoms with Gasteiger partial charge in [-0.3, -0.25) is 4.79 Å². The zero-order valence-corrected chi connectivity index (χ0v) is 22.0. The van der Waals surface area contributed by atoms with E-state index in [9.17, 15) is 13.2 Å². The van der Waals surface area contributed by atoms with E-state index in [4.69, 9.17) is 5.73 Å².